The molecule has 0 bridgehead atoms. The highest BCUT2D eigenvalue weighted by Gasteiger charge is 2.49. The Bertz CT molecular complexity index is 2490. The maximum Gasteiger partial charge on any atom is 0.338 e. The molecule has 3 aromatic rings. The lowest BCUT2D eigenvalue weighted by molar-refractivity contribution is -0.385. The van der Waals surface area contributed by atoms with Crippen molar-refractivity contribution < 1.29 is 65.8 Å². The number of hydrogen-bond donors (Lipinski definition) is 0. The van der Waals surface area contributed by atoms with Gasteiger partial charge in [-0.2, -0.15) is 0 Å². The minimum atomic E-state index is -3.93. The first-order valence-electron chi connectivity index (χ1n) is 23.8. The van der Waals surface area contributed by atoms with E-state index >= 15 is 0 Å². The van der Waals surface area contributed by atoms with E-state index in [4.69, 9.17) is 33.2 Å². The van der Waals surface area contributed by atoms with Crippen LogP contribution >= 0.6 is 0 Å². The fourth-order valence-corrected chi connectivity index (χ4v) is 10.9. The van der Waals surface area contributed by atoms with Crippen molar-refractivity contribution in [1.82, 2.24) is 0 Å². The smallest absolute Gasteiger partial charge is 0.338 e. The second kappa shape index (κ2) is 24.0. The van der Waals surface area contributed by atoms with Crippen molar-refractivity contribution in [2.45, 2.75) is 133 Å². The Morgan fingerprint density at radius 1 is 0.789 bits per heavy atom. The summed E-state index contributed by atoms with van der Waals surface area (Å²) >= 11 is 0. The van der Waals surface area contributed by atoms with Crippen LogP contribution in [0.4, 0.5) is 11.4 Å². The summed E-state index contributed by atoms with van der Waals surface area (Å²) in [5, 5.41) is 22.5. The van der Waals surface area contributed by atoms with E-state index in [-0.39, 0.29) is 76.2 Å². The highest BCUT2D eigenvalue weighted by Crippen LogP contribution is 2.41. The fraction of sp³-hybridized carbons (Fsp3) is 0.519. The van der Waals surface area contributed by atoms with Crippen molar-refractivity contribution in [1.29, 1.82) is 0 Å². The van der Waals surface area contributed by atoms with Gasteiger partial charge in [0.15, 0.2) is 9.84 Å². The van der Waals surface area contributed by atoms with E-state index < -0.39 is 80.1 Å². The monoisotopic (exact) mass is 1000 g/mol. The molecule has 3 aliphatic rings. The van der Waals surface area contributed by atoms with E-state index in [2.05, 4.69) is 20.1 Å². The topological polar surface area (TPSA) is 236 Å². The van der Waals surface area contributed by atoms with Crippen molar-refractivity contribution in [3.05, 3.63) is 135 Å². The van der Waals surface area contributed by atoms with Crippen LogP contribution in [0.1, 0.15) is 99.8 Å². The lowest BCUT2D eigenvalue weighted by Gasteiger charge is -2.38. The molecular formula is C52H64N2O16S. The summed E-state index contributed by atoms with van der Waals surface area (Å²) in [6, 6.07) is 17.5. The second-order valence-corrected chi connectivity index (χ2v) is 21.6. The highest BCUT2D eigenvalue weighted by molar-refractivity contribution is 7.91. The molecular weight excluding hydrogens is 941 g/mol. The predicted octanol–water partition coefficient (Wildman–Crippen LogP) is 8.75. The molecule has 4 unspecified atom stereocenters. The molecule has 0 N–H and O–H groups in total. The van der Waals surface area contributed by atoms with Crippen LogP contribution in [0.3, 0.4) is 0 Å². The zero-order valence-corrected chi connectivity index (χ0v) is 41.6. The molecule has 6 rings (SSSR count). The Labute approximate surface area is 414 Å². The number of nitro benzene ring substituents is 2. The molecule has 18 nitrogen and oxygen atoms in total. The van der Waals surface area contributed by atoms with Gasteiger partial charge in [0.2, 0.25) is 0 Å². The standard InChI is InChI=1S/C52H64N2O16S/c1-32-26-40(23-24-44-33(2)27-39(67-44)12-11-25-65-51(57)52(4,5)6)68-45(34(32)3)29-46-43(31-71(62,63)42-13-9-8-10-14-42)48(64-7)47(70-46)28-41(69-50(56)36-17-21-38(22-18-36)54(60)61)30-66-49(55)35-15-19-37(20-16-35)53(58)59/h8-10,13-22,32,39-41,43-48H,2-3,11-12,23-31H2,1,4-7H3/t32?,39?,40-,41-,43-,44-,45?,46?,47+,48+/m0/s1. The van der Waals surface area contributed by atoms with Crippen LogP contribution in [0, 0.1) is 37.5 Å². The molecule has 0 aliphatic carbocycles. The highest BCUT2D eigenvalue weighted by atomic mass is 32.2. The van der Waals surface area contributed by atoms with Crippen LogP contribution in [0.15, 0.2) is 108 Å². The number of carbonyl (C=O) groups is 3. The number of esters is 3. The maximum absolute atomic E-state index is 14.1. The van der Waals surface area contributed by atoms with E-state index in [0.29, 0.717) is 38.7 Å². The summed E-state index contributed by atoms with van der Waals surface area (Å²) in [7, 11) is -2.50. The molecule has 384 valence electrons. The van der Waals surface area contributed by atoms with Gasteiger partial charge in [-0.25, -0.2) is 18.0 Å². The van der Waals surface area contributed by atoms with Crippen molar-refractivity contribution in [2.75, 3.05) is 26.1 Å². The molecule has 71 heavy (non-hydrogen) atoms. The number of methoxy groups -OCH3 is 1. The molecule has 0 radical (unpaired) electrons. The first-order valence-corrected chi connectivity index (χ1v) is 25.5. The molecule has 3 aromatic carbocycles. The van der Waals surface area contributed by atoms with Crippen molar-refractivity contribution in [3.63, 3.8) is 0 Å². The molecule has 0 spiro atoms. The molecule has 0 saturated carbocycles. The minimum Gasteiger partial charge on any atom is -0.465 e. The Hall–Kier alpha value is -5.86. The average molecular weight is 1010 g/mol. The van der Waals surface area contributed by atoms with E-state index in [9.17, 15) is 43.0 Å². The van der Waals surface area contributed by atoms with E-state index in [1.807, 2.05) is 20.8 Å². The number of non-ortho nitro benzene ring substituents is 2. The zero-order chi connectivity index (χ0) is 51.6. The van der Waals surface area contributed by atoms with Gasteiger partial charge in [-0.1, -0.05) is 38.3 Å². The summed E-state index contributed by atoms with van der Waals surface area (Å²) in [4.78, 5) is 60.4. The first-order chi connectivity index (χ1) is 33.6. The van der Waals surface area contributed by atoms with Gasteiger partial charge in [0, 0.05) is 50.1 Å². The Kier molecular flexibility index (Phi) is 18.4. The number of sulfone groups is 1. The molecule has 0 amide bonds. The number of benzene rings is 3. The fourth-order valence-electron chi connectivity index (χ4n) is 9.25. The number of carbonyl (C=O) groups excluding carboxylic acids is 3. The SMILES string of the molecule is C=C1C(C)C[C@H](CC[C@@H]2OC(CCCOC(=O)C(C)(C)C)CC2=C)OC1CC1O[C@H](C[C@@H](COC(=O)c2ccc([N+](=O)[O-])cc2)OC(=O)c2ccc([N+](=O)[O-])cc2)[C@H](OC)[C@H]1CS(=O)(=O)c1ccccc1. The molecule has 10 atom stereocenters. The van der Waals surface area contributed by atoms with Crippen molar-refractivity contribution in [3.8, 4) is 0 Å². The van der Waals surface area contributed by atoms with Crippen LogP contribution in [-0.2, 0) is 47.8 Å². The molecule has 3 saturated heterocycles. The summed E-state index contributed by atoms with van der Waals surface area (Å²) < 4.78 is 71.2. The third-order valence-corrected chi connectivity index (χ3v) is 15.0. The zero-order valence-electron chi connectivity index (χ0n) is 40.8. The largest absolute Gasteiger partial charge is 0.465 e. The Morgan fingerprint density at radius 3 is 1.99 bits per heavy atom. The number of ether oxygens (including phenoxy) is 7. The minimum absolute atomic E-state index is 0.00741. The predicted molar refractivity (Wildman–Crippen MR) is 259 cm³/mol. The van der Waals surface area contributed by atoms with Gasteiger partial charge in [0.05, 0.1) is 86.4 Å². The van der Waals surface area contributed by atoms with Gasteiger partial charge < -0.3 is 33.2 Å². The lowest BCUT2D eigenvalue weighted by atomic mass is 9.83. The summed E-state index contributed by atoms with van der Waals surface area (Å²) in [6.07, 6.45) is -0.535. The third-order valence-electron chi connectivity index (χ3n) is 13.2. The van der Waals surface area contributed by atoms with E-state index in [1.165, 1.54) is 43.5 Å². The molecule has 3 heterocycles. The second-order valence-electron chi connectivity index (χ2n) is 19.5. The molecule has 3 fully saturated rings. The van der Waals surface area contributed by atoms with Crippen LogP contribution in [-0.4, -0.2) is 111 Å². The van der Waals surface area contributed by atoms with Crippen LogP contribution in [0.2, 0.25) is 0 Å². The van der Waals surface area contributed by atoms with Crippen LogP contribution in [0.25, 0.3) is 0 Å². The molecule has 3 aliphatic heterocycles. The first kappa shape index (κ1) is 54.5. The average Bonchev–Trinajstić information content (AvgIpc) is 3.86. The van der Waals surface area contributed by atoms with Crippen molar-refractivity contribution >= 4 is 39.1 Å². The van der Waals surface area contributed by atoms with Gasteiger partial charge >= 0.3 is 17.9 Å². The van der Waals surface area contributed by atoms with E-state index in [1.54, 1.807) is 18.2 Å². The number of nitrogens with zero attached hydrogens (tertiary/aromatic N) is 2. The van der Waals surface area contributed by atoms with E-state index in [0.717, 1.165) is 41.8 Å². The normalized spacial score (nSPS) is 25.1. The number of hydrogen-bond acceptors (Lipinski definition) is 16. The number of nitro groups is 2. The molecule has 0 aromatic heterocycles. The van der Waals surface area contributed by atoms with Crippen LogP contribution < -0.4 is 0 Å². The van der Waals surface area contributed by atoms with Crippen LogP contribution in [0.5, 0.6) is 0 Å². The lowest BCUT2D eigenvalue weighted by Crippen LogP contribution is -2.40. The Balaban J connectivity index is 1.18. The van der Waals surface area contributed by atoms with Gasteiger partial charge in [0.25, 0.3) is 11.4 Å². The Morgan fingerprint density at radius 2 is 1.39 bits per heavy atom. The quantitative estimate of drug-likeness (QED) is 0.0228. The molecule has 19 heteroatoms. The van der Waals surface area contributed by atoms with Gasteiger partial charge in [0.1, 0.15) is 12.7 Å². The third kappa shape index (κ3) is 14.6. The van der Waals surface area contributed by atoms with Gasteiger partial charge in [-0.15, -0.1) is 0 Å². The maximum atomic E-state index is 14.1. The van der Waals surface area contributed by atoms with Gasteiger partial charge in [-0.3, -0.25) is 25.0 Å². The summed E-state index contributed by atoms with van der Waals surface area (Å²) in [6.45, 7) is 16.0. The number of rotatable bonds is 22. The summed E-state index contributed by atoms with van der Waals surface area (Å²) in [5.74, 6) is -3.11. The van der Waals surface area contributed by atoms with Gasteiger partial charge in [-0.05, 0) is 113 Å². The summed E-state index contributed by atoms with van der Waals surface area (Å²) in [5.41, 5.74) is 0.734. The van der Waals surface area contributed by atoms with Crippen molar-refractivity contribution in [2.24, 2.45) is 17.3 Å².